The second-order valence-corrected chi connectivity index (χ2v) is 4.75. The Morgan fingerprint density at radius 3 is 3.00 bits per heavy atom. The minimum absolute atomic E-state index is 0.0521. The van der Waals surface area contributed by atoms with E-state index in [1.54, 1.807) is 18.2 Å². The van der Waals surface area contributed by atoms with Crippen molar-refractivity contribution in [3.63, 3.8) is 0 Å². The van der Waals surface area contributed by atoms with E-state index in [9.17, 15) is 4.79 Å². The maximum absolute atomic E-state index is 12.1. The zero-order chi connectivity index (χ0) is 13.7. The van der Waals surface area contributed by atoms with Gasteiger partial charge in [-0.1, -0.05) is 15.9 Å². The van der Waals surface area contributed by atoms with Gasteiger partial charge in [0.2, 0.25) is 0 Å². The zero-order valence-corrected chi connectivity index (χ0v) is 11.7. The predicted octanol–water partition coefficient (Wildman–Crippen LogP) is 1.14. The number of aliphatic hydroxyl groups excluding tert-OH is 1. The van der Waals surface area contributed by atoms with Crippen LogP contribution >= 0.6 is 15.9 Å². The van der Waals surface area contributed by atoms with Crippen molar-refractivity contribution in [3.05, 3.63) is 40.9 Å². The number of hydrogen-bond donors (Lipinski definition) is 2. The summed E-state index contributed by atoms with van der Waals surface area (Å²) in [5.41, 5.74) is 1.15. The average molecular weight is 325 g/mol. The fourth-order valence-electron chi connectivity index (χ4n) is 1.60. The minimum Gasteiger partial charge on any atom is -0.396 e. The van der Waals surface area contributed by atoms with E-state index in [4.69, 9.17) is 5.11 Å². The van der Waals surface area contributed by atoms with Gasteiger partial charge in [-0.3, -0.25) is 4.79 Å². The summed E-state index contributed by atoms with van der Waals surface area (Å²) < 4.78 is 2.39. The van der Waals surface area contributed by atoms with Gasteiger partial charge in [-0.25, -0.2) is 9.67 Å². The molecule has 1 heterocycles. The smallest absolute Gasteiger partial charge is 0.253 e. The van der Waals surface area contributed by atoms with Gasteiger partial charge in [0.05, 0.1) is 11.3 Å². The maximum Gasteiger partial charge on any atom is 0.253 e. The van der Waals surface area contributed by atoms with Crippen LogP contribution in [0.15, 0.2) is 35.3 Å². The van der Waals surface area contributed by atoms with Crippen LogP contribution in [0.2, 0.25) is 0 Å². The molecule has 0 unspecified atom stereocenters. The third-order valence-corrected chi connectivity index (χ3v) is 2.98. The van der Waals surface area contributed by atoms with Crippen LogP contribution in [0.3, 0.4) is 0 Å². The van der Waals surface area contributed by atoms with Gasteiger partial charge in [0.15, 0.2) is 0 Å². The lowest BCUT2D eigenvalue weighted by Gasteiger charge is -2.10. The van der Waals surface area contributed by atoms with Crippen LogP contribution in [0.1, 0.15) is 16.8 Å². The molecule has 19 heavy (non-hydrogen) atoms. The molecule has 0 aliphatic carbocycles. The molecule has 0 bridgehead atoms. The van der Waals surface area contributed by atoms with Crippen LogP contribution in [0.4, 0.5) is 0 Å². The third-order valence-electron chi connectivity index (χ3n) is 2.49. The first kappa shape index (κ1) is 13.7. The standard InChI is InChI=1S/C12H13BrN4O2/c13-9-2-3-10(12(19)15-4-1-5-18)11(6-9)17-8-14-7-16-17/h2-3,6-8,18H,1,4-5H2,(H,15,19). The molecule has 0 aliphatic rings. The van der Waals surface area contributed by atoms with Crippen LogP contribution in [0, 0.1) is 0 Å². The molecule has 2 aromatic rings. The van der Waals surface area contributed by atoms with E-state index < -0.39 is 0 Å². The molecular weight excluding hydrogens is 312 g/mol. The van der Waals surface area contributed by atoms with E-state index in [1.807, 2.05) is 0 Å². The fourth-order valence-corrected chi connectivity index (χ4v) is 1.94. The molecule has 7 heteroatoms. The lowest BCUT2D eigenvalue weighted by Crippen LogP contribution is -2.26. The van der Waals surface area contributed by atoms with E-state index in [2.05, 4.69) is 31.3 Å². The van der Waals surface area contributed by atoms with Crippen molar-refractivity contribution in [2.24, 2.45) is 0 Å². The minimum atomic E-state index is -0.202. The first-order valence-corrected chi connectivity index (χ1v) is 6.55. The lowest BCUT2D eigenvalue weighted by molar-refractivity contribution is 0.0951. The normalized spacial score (nSPS) is 10.4. The van der Waals surface area contributed by atoms with Gasteiger partial charge in [0.1, 0.15) is 12.7 Å². The highest BCUT2D eigenvalue weighted by Crippen LogP contribution is 2.19. The van der Waals surface area contributed by atoms with Gasteiger partial charge < -0.3 is 10.4 Å². The van der Waals surface area contributed by atoms with E-state index in [1.165, 1.54) is 17.3 Å². The summed E-state index contributed by atoms with van der Waals surface area (Å²) in [5, 5.41) is 15.5. The summed E-state index contributed by atoms with van der Waals surface area (Å²) in [6.45, 7) is 0.485. The van der Waals surface area contributed by atoms with Crippen LogP contribution < -0.4 is 5.32 Å². The number of aromatic nitrogens is 3. The van der Waals surface area contributed by atoms with Crippen molar-refractivity contribution in [1.29, 1.82) is 0 Å². The van der Waals surface area contributed by atoms with Crippen LogP contribution in [0.25, 0.3) is 5.69 Å². The van der Waals surface area contributed by atoms with Crippen molar-refractivity contribution in [1.82, 2.24) is 20.1 Å². The molecule has 100 valence electrons. The van der Waals surface area contributed by atoms with Gasteiger partial charge in [-0.2, -0.15) is 5.10 Å². The number of carbonyl (C=O) groups is 1. The van der Waals surface area contributed by atoms with Gasteiger partial charge in [0, 0.05) is 17.6 Å². The molecule has 1 aromatic carbocycles. The van der Waals surface area contributed by atoms with E-state index in [0.717, 1.165) is 4.47 Å². The topological polar surface area (TPSA) is 80.0 Å². The number of carbonyl (C=O) groups excluding carboxylic acids is 1. The second-order valence-electron chi connectivity index (χ2n) is 3.83. The number of amides is 1. The summed E-state index contributed by atoms with van der Waals surface area (Å²) in [5.74, 6) is -0.202. The molecule has 2 rings (SSSR count). The maximum atomic E-state index is 12.1. The summed E-state index contributed by atoms with van der Waals surface area (Å²) >= 11 is 3.37. The highest BCUT2D eigenvalue weighted by molar-refractivity contribution is 9.10. The molecule has 0 atom stereocenters. The molecule has 2 N–H and O–H groups in total. The van der Waals surface area contributed by atoms with Gasteiger partial charge in [-0.15, -0.1) is 0 Å². The van der Waals surface area contributed by atoms with Crippen molar-refractivity contribution in [2.75, 3.05) is 13.2 Å². The quantitative estimate of drug-likeness (QED) is 0.808. The van der Waals surface area contributed by atoms with Crippen molar-refractivity contribution in [3.8, 4) is 5.69 Å². The Labute approximate surface area is 118 Å². The van der Waals surface area contributed by atoms with E-state index >= 15 is 0 Å². The second kappa shape index (κ2) is 6.44. The van der Waals surface area contributed by atoms with Gasteiger partial charge in [0.25, 0.3) is 5.91 Å². The molecule has 0 saturated heterocycles. The third kappa shape index (κ3) is 3.39. The Morgan fingerprint density at radius 2 is 2.32 bits per heavy atom. The van der Waals surface area contributed by atoms with Gasteiger partial charge >= 0.3 is 0 Å². The highest BCUT2D eigenvalue weighted by atomic mass is 79.9. The average Bonchev–Trinajstić information content (AvgIpc) is 2.92. The van der Waals surface area contributed by atoms with Crippen LogP contribution in [-0.2, 0) is 0 Å². The first-order chi connectivity index (χ1) is 9.22. The van der Waals surface area contributed by atoms with Crippen molar-refractivity contribution >= 4 is 21.8 Å². The Balaban J connectivity index is 2.27. The number of nitrogens with one attached hydrogen (secondary N) is 1. The monoisotopic (exact) mass is 324 g/mol. The number of benzene rings is 1. The summed E-state index contributed by atoms with van der Waals surface area (Å²) in [6.07, 6.45) is 3.47. The van der Waals surface area contributed by atoms with Crippen LogP contribution in [-0.4, -0.2) is 38.9 Å². The SMILES string of the molecule is O=C(NCCCO)c1ccc(Br)cc1-n1cncn1. The molecule has 0 fully saturated rings. The highest BCUT2D eigenvalue weighted by Gasteiger charge is 2.13. The molecule has 0 radical (unpaired) electrons. The Bertz CT molecular complexity index is 557. The number of halogens is 1. The first-order valence-electron chi connectivity index (χ1n) is 5.76. The largest absolute Gasteiger partial charge is 0.396 e. The molecule has 0 saturated carbocycles. The molecule has 1 amide bonds. The van der Waals surface area contributed by atoms with Crippen molar-refractivity contribution < 1.29 is 9.90 Å². The molecule has 6 nitrogen and oxygen atoms in total. The predicted molar refractivity (Wildman–Crippen MR) is 73.1 cm³/mol. The van der Waals surface area contributed by atoms with Crippen molar-refractivity contribution in [2.45, 2.75) is 6.42 Å². The number of nitrogens with zero attached hydrogens (tertiary/aromatic N) is 3. The van der Waals surface area contributed by atoms with Gasteiger partial charge in [-0.05, 0) is 24.6 Å². The molecule has 1 aromatic heterocycles. The molecule has 0 spiro atoms. The number of hydrogen-bond acceptors (Lipinski definition) is 4. The molecule has 0 aliphatic heterocycles. The van der Waals surface area contributed by atoms with E-state index in [0.29, 0.717) is 24.2 Å². The zero-order valence-electron chi connectivity index (χ0n) is 10.1. The summed E-state index contributed by atoms with van der Waals surface area (Å²) in [7, 11) is 0. The molecular formula is C12H13BrN4O2. The van der Waals surface area contributed by atoms with E-state index in [-0.39, 0.29) is 12.5 Å². The number of rotatable bonds is 5. The van der Waals surface area contributed by atoms with Crippen LogP contribution in [0.5, 0.6) is 0 Å². The Kier molecular flexibility index (Phi) is 4.64. The fraction of sp³-hybridized carbons (Fsp3) is 0.250. The Morgan fingerprint density at radius 1 is 1.47 bits per heavy atom. The summed E-state index contributed by atoms with van der Waals surface area (Å²) in [4.78, 5) is 16.0. The summed E-state index contributed by atoms with van der Waals surface area (Å²) in [6, 6.07) is 5.31. The Hall–Kier alpha value is -1.73. The number of aliphatic hydroxyl groups is 1. The lowest BCUT2D eigenvalue weighted by atomic mass is 10.1.